The number of hydrogen-bond donors (Lipinski definition) is 1. The molecule has 0 bridgehead atoms. The van der Waals surface area contributed by atoms with Crippen molar-refractivity contribution in [2.24, 2.45) is 0 Å². The molecule has 0 heterocycles. The molecule has 0 saturated heterocycles. The molecule has 0 aromatic heterocycles. The smallest absolute Gasteiger partial charge is 0.254 e. The van der Waals surface area contributed by atoms with Gasteiger partial charge in [-0.2, -0.15) is 0 Å². The van der Waals surface area contributed by atoms with Crippen molar-refractivity contribution in [2.75, 3.05) is 6.54 Å². The molecule has 0 fully saturated rings. The van der Waals surface area contributed by atoms with E-state index in [2.05, 4.69) is 5.32 Å². The molecule has 2 aromatic rings. The summed E-state index contributed by atoms with van der Waals surface area (Å²) in [5.74, 6) is -1.44. The maximum atomic E-state index is 13.5. The Kier molecular flexibility index (Phi) is 4.69. The van der Waals surface area contributed by atoms with Crippen LogP contribution in [0.5, 0.6) is 0 Å². The topological polar surface area (TPSA) is 29.1 Å². The second-order valence-corrected chi connectivity index (χ2v) is 4.69. The number of benzene rings is 2. The standard InChI is InChI=1S/C15H12ClF2NO/c16-11-3-6-14(18)13(9-11)15(20)19-8-7-10-1-4-12(17)5-2-10/h1-6,9H,7-8H2,(H,19,20). The average Bonchev–Trinajstić information content (AvgIpc) is 2.43. The number of rotatable bonds is 4. The van der Waals surface area contributed by atoms with E-state index in [1.807, 2.05) is 0 Å². The molecule has 2 nitrogen and oxygen atoms in total. The van der Waals surface area contributed by atoms with E-state index in [1.165, 1.54) is 24.3 Å². The van der Waals surface area contributed by atoms with Crippen LogP contribution in [0, 0.1) is 11.6 Å². The zero-order valence-electron chi connectivity index (χ0n) is 10.5. The number of carbonyl (C=O) groups is 1. The summed E-state index contributed by atoms with van der Waals surface area (Å²) in [5.41, 5.74) is 0.801. The Morgan fingerprint density at radius 1 is 1.10 bits per heavy atom. The van der Waals surface area contributed by atoms with E-state index in [1.54, 1.807) is 12.1 Å². The summed E-state index contributed by atoms with van der Waals surface area (Å²) >= 11 is 5.72. The molecule has 0 spiro atoms. The van der Waals surface area contributed by atoms with Gasteiger partial charge in [0.1, 0.15) is 11.6 Å². The van der Waals surface area contributed by atoms with Gasteiger partial charge in [0.2, 0.25) is 0 Å². The zero-order chi connectivity index (χ0) is 14.5. The minimum absolute atomic E-state index is 0.0865. The molecule has 5 heteroatoms. The third kappa shape index (κ3) is 3.78. The molecule has 2 aromatic carbocycles. The van der Waals surface area contributed by atoms with Gasteiger partial charge in [-0.05, 0) is 42.3 Å². The molecule has 104 valence electrons. The quantitative estimate of drug-likeness (QED) is 0.917. The van der Waals surface area contributed by atoms with Crippen LogP contribution in [0.25, 0.3) is 0 Å². The van der Waals surface area contributed by atoms with Gasteiger partial charge in [-0.3, -0.25) is 4.79 Å². The Bertz CT molecular complexity index is 614. The van der Waals surface area contributed by atoms with E-state index in [9.17, 15) is 13.6 Å². The normalized spacial score (nSPS) is 10.3. The van der Waals surface area contributed by atoms with Crippen molar-refractivity contribution in [1.82, 2.24) is 5.32 Å². The van der Waals surface area contributed by atoms with E-state index in [4.69, 9.17) is 11.6 Å². The first kappa shape index (κ1) is 14.5. The molecule has 0 unspecified atom stereocenters. The Labute approximate surface area is 120 Å². The lowest BCUT2D eigenvalue weighted by atomic mass is 10.1. The molecular formula is C15H12ClF2NO. The Balaban J connectivity index is 1.92. The molecule has 20 heavy (non-hydrogen) atoms. The summed E-state index contributed by atoms with van der Waals surface area (Å²) in [4.78, 5) is 11.8. The number of halogens is 3. The van der Waals surface area contributed by atoms with Gasteiger partial charge in [-0.15, -0.1) is 0 Å². The highest BCUT2D eigenvalue weighted by molar-refractivity contribution is 6.30. The summed E-state index contributed by atoms with van der Waals surface area (Å²) in [6.07, 6.45) is 0.536. The van der Waals surface area contributed by atoms with Crippen LogP contribution in [0.3, 0.4) is 0 Å². The van der Waals surface area contributed by atoms with Crippen molar-refractivity contribution in [3.63, 3.8) is 0 Å². The second-order valence-electron chi connectivity index (χ2n) is 4.26. The molecule has 0 atom stereocenters. The second kappa shape index (κ2) is 6.48. The third-order valence-electron chi connectivity index (χ3n) is 2.79. The molecule has 0 aliphatic heterocycles. The van der Waals surface area contributed by atoms with Gasteiger partial charge in [0.25, 0.3) is 5.91 Å². The van der Waals surface area contributed by atoms with Gasteiger partial charge in [0.15, 0.2) is 0 Å². The fraction of sp³-hybridized carbons (Fsp3) is 0.133. The zero-order valence-corrected chi connectivity index (χ0v) is 11.3. The number of hydrogen-bond acceptors (Lipinski definition) is 1. The van der Waals surface area contributed by atoms with Crippen LogP contribution in [-0.2, 0) is 6.42 Å². The van der Waals surface area contributed by atoms with Crippen LogP contribution in [-0.4, -0.2) is 12.5 Å². The first-order valence-electron chi connectivity index (χ1n) is 6.04. The highest BCUT2D eigenvalue weighted by Gasteiger charge is 2.11. The van der Waals surface area contributed by atoms with Gasteiger partial charge in [0.05, 0.1) is 5.56 Å². The van der Waals surface area contributed by atoms with E-state index in [0.717, 1.165) is 11.6 Å². The maximum Gasteiger partial charge on any atom is 0.254 e. The van der Waals surface area contributed by atoms with Crippen molar-refractivity contribution < 1.29 is 13.6 Å². The fourth-order valence-electron chi connectivity index (χ4n) is 1.74. The monoisotopic (exact) mass is 295 g/mol. The minimum Gasteiger partial charge on any atom is -0.352 e. The minimum atomic E-state index is -0.617. The van der Waals surface area contributed by atoms with Gasteiger partial charge >= 0.3 is 0 Å². The van der Waals surface area contributed by atoms with Crippen molar-refractivity contribution in [2.45, 2.75) is 6.42 Å². The Hall–Kier alpha value is -1.94. The van der Waals surface area contributed by atoms with Gasteiger partial charge < -0.3 is 5.32 Å². The number of nitrogens with one attached hydrogen (secondary N) is 1. The molecule has 0 aliphatic rings. The van der Waals surface area contributed by atoms with E-state index >= 15 is 0 Å². The van der Waals surface area contributed by atoms with Crippen LogP contribution in [0.1, 0.15) is 15.9 Å². The highest BCUT2D eigenvalue weighted by Crippen LogP contribution is 2.14. The lowest BCUT2D eigenvalue weighted by Gasteiger charge is -2.06. The summed E-state index contributed by atoms with van der Waals surface area (Å²) in [7, 11) is 0. The maximum absolute atomic E-state index is 13.5. The molecule has 0 saturated carbocycles. The Morgan fingerprint density at radius 2 is 1.80 bits per heavy atom. The lowest BCUT2D eigenvalue weighted by molar-refractivity contribution is 0.0950. The summed E-state index contributed by atoms with van der Waals surface area (Å²) in [6, 6.07) is 9.80. The van der Waals surface area contributed by atoms with Gasteiger partial charge in [-0.1, -0.05) is 23.7 Å². The van der Waals surface area contributed by atoms with E-state index < -0.39 is 11.7 Å². The van der Waals surface area contributed by atoms with Crippen molar-refractivity contribution in [1.29, 1.82) is 0 Å². The summed E-state index contributed by atoms with van der Waals surface area (Å²) in [6.45, 7) is 0.330. The molecule has 0 radical (unpaired) electrons. The van der Waals surface area contributed by atoms with Crippen LogP contribution in [0.4, 0.5) is 8.78 Å². The molecule has 2 rings (SSSR count). The summed E-state index contributed by atoms with van der Waals surface area (Å²) < 4.78 is 26.2. The van der Waals surface area contributed by atoms with Crippen LogP contribution in [0.15, 0.2) is 42.5 Å². The molecule has 0 aliphatic carbocycles. The van der Waals surface area contributed by atoms with Gasteiger partial charge in [-0.25, -0.2) is 8.78 Å². The molecule has 1 amide bonds. The van der Waals surface area contributed by atoms with Crippen molar-refractivity contribution >= 4 is 17.5 Å². The first-order chi connectivity index (χ1) is 9.56. The van der Waals surface area contributed by atoms with Crippen LogP contribution < -0.4 is 5.32 Å². The van der Waals surface area contributed by atoms with Crippen molar-refractivity contribution in [3.8, 4) is 0 Å². The summed E-state index contributed by atoms with van der Waals surface area (Å²) in [5, 5.41) is 2.90. The fourth-order valence-corrected chi connectivity index (χ4v) is 1.91. The van der Waals surface area contributed by atoms with E-state index in [-0.39, 0.29) is 11.4 Å². The third-order valence-corrected chi connectivity index (χ3v) is 3.02. The SMILES string of the molecule is O=C(NCCc1ccc(F)cc1)c1cc(Cl)ccc1F. The van der Waals surface area contributed by atoms with Gasteiger partial charge in [0, 0.05) is 11.6 Å². The lowest BCUT2D eigenvalue weighted by Crippen LogP contribution is -2.26. The van der Waals surface area contributed by atoms with Crippen molar-refractivity contribution in [3.05, 3.63) is 70.2 Å². The predicted octanol–water partition coefficient (Wildman–Crippen LogP) is 3.59. The van der Waals surface area contributed by atoms with Crippen LogP contribution >= 0.6 is 11.6 Å². The number of carbonyl (C=O) groups excluding carboxylic acids is 1. The van der Waals surface area contributed by atoms with Crippen LogP contribution in [0.2, 0.25) is 5.02 Å². The van der Waals surface area contributed by atoms with E-state index in [0.29, 0.717) is 18.0 Å². The predicted molar refractivity (Wildman–Crippen MR) is 73.8 cm³/mol. The number of amides is 1. The largest absolute Gasteiger partial charge is 0.352 e. The first-order valence-corrected chi connectivity index (χ1v) is 6.42. The average molecular weight is 296 g/mol. The Morgan fingerprint density at radius 3 is 2.50 bits per heavy atom. The molecule has 1 N–H and O–H groups in total. The molecular weight excluding hydrogens is 284 g/mol. The highest BCUT2D eigenvalue weighted by atomic mass is 35.5.